The van der Waals surface area contributed by atoms with E-state index in [9.17, 15) is 0 Å². The van der Waals surface area contributed by atoms with Gasteiger partial charge in [-0.1, -0.05) is 48.9 Å². The van der Waals surface area contributed by atoms with Crippen molar-refractivity contribution in [3.8, 4) is 0 Å². The molecule has 0 radical (unpaired) electrons. The molecule has 0 bridgehead atoms. The normalized spacial score (nSPS) is 20.8. The van der Waals surface area contributed by atoms with E-state index in [-0.39, 0.29) is 17.8 Å². The summed E-state index contributed by atoms with van der Waals surface area (Å²) in [5, 5.41) is 15.0. The lowest BCUT2D eigenvalue weighted by Crippen LogP contribution is -2.29. The van der Waals surface area contributed by atoms with Crippen LogP contribution in [0.3, 0.4) is 0 Å². The summed E-state index contributed by atoms with van der Waals surface area (Å²) < 4.78 is 0. The number of benzene rings is 2. The van der Waals surface area contributed by atoms with Gasteiger partial charge >= 0.3 is 0 Å². The van der Waals surface area contributed by atoms with E-state index < -0.39 is 0 Å². The first-order chi connectivity index (χ1) is 10.6. The maximum Gasteiger partial charge on any atom is 0.139 e. The number of nitrogens with one attached hydrogen (secondary N) is 1. The molecule has 0 saturated heterocycles. The molecule has 3 rings (SSSR count). The maximum atomic E-state index is 7.76. The van der Waals surface area contributed by atoms with Gasteiger partial charge in [0.05, 0.1) is 11.7 Å². The lowest BCUT2D eigenvalue weighted by molar-refractivity contribution is 0.590. The minimum absolute atomic E-state index is 0.0151. The highest BCUT2D eigenvalue weighted by Crippen LogP contribution is 2.39. The van der Waals surface area contributed by atoms with Crippen molar-refractivity contribution in [2.24, 2.45) is 16.8 Å². The van der Waals surface area contributed by atoms with Crippen molar-refractivity contribution in [1.29, 1.82) is 5.41 Å². The molecule has 4 nitrogen and oxygen atoms in total. The molecular formula is C17H17ClN4. The van der Waals surface area contributed by atoms with Crippen LogP contribution in [-0.4, -0.2) is 11.5 Å². The highest BCUT2D eigenvalue weighted by molar-refractivity contribution is 6.41. The first kappa shape index (κ1) is 14.6. The summed E-state index contributed by atoms with van der Waals surface area (Å²) in [6.07, 6.45) is 0. The van der Waals surface area contributed by atoms with Gasteiger partial charge in [-0.2, -0.15) is 5.10 Å². The predicted molar refractivity (Wildman–Crippen MR) is 91.6 cm³/mol. The molecule has 2 aromatic carbocycles. The summed E-state index contributed by atoms with van der Waals surface area (Å²) in [7, 11) is 0. The van der Waals surface area contributed by atoms with Gasteiger partial charge < -0.3 is 5.73 Å². The molecule has 1 aliphatic rings. The number of amidine groups is 1. The van der Waals surface area contributed by atoms with Gasteiger partial charge in [0.25, 0.3) is 0 Å². The second kappa shape index (κ2) is 5.81. The fraction of sp³-hybridized carbons (Fsp3) is 0.176. The number of rotatable bonds is 3. The Bertz CT molecular complexity index is 709. The molecule has 1 heterocycles. The van der Waals surface area contributed by atoms with Crippen LogP contribution in [0.15, 0.2) is 59.7 Å². The van der Waals surface area contributed by atoms with E-state index in [1.807, 2.05) is 54.4 Å². The summed E-state index contributed by atoms with van der Waals surface area (Å²) >= 11 is 5.97. The van der Waals surface area contributed by atoms with Crippen molar-refractivity contribution in [2.75, 3.05) is 5.01 Å². The molecule has 0 spiro atoms. The average molecular weight is 313 g/mol. The molecule has 1 aliphatic heterocycles. The summed E-state index contributed by atoms with van der Waals surface area (Å²) in [6, 6.07) is 17.7. The van der Waals surface area contributed by atoms with Crippen molar-refractivity contribution in [2.45, 2.75) is 13.0 Å². The molecule has 2 aromatic rings. The number of nitrogens with two attached hydrogens (primary N) is 1. The van der Waals surface area contributed by atoms with Gasteiger partial charge in [-0.3, -0.25) is 10.4 Å². The van der Waals surface area contributed by atoms with E-state index in [0.29, 0.717) is 10.7 Å². The van der Waals surface area contributed by atoms with Gasteiger partial charge in [-0.05, 0) is 29.8 Å². The number of hydrogen-bond acceptors (Lipinski definition) is 3. The van der Waals surface area contributed by atoms with Gasteiger partial charge in [0, 0.05) is 10.9 Å². The largest absolute Gasteiger partial charge is 0.383 e. The second-order valence-corrected chi connectivity index (χ2v) is 5.80. The van der Waals surface area contributed by atoms with Crippen LogP contribution in [0.1, 0.15) is 18.5 Å². The van der Waals surface area contributed by atoms with E-state index in [4.69, 9.17) is 22.7 Å². The Hall–Kier alpha value is -2.33. The molecule has 0 amide bonds. The van der Waals surface area contributed by atoms with Crippen molar-refractivity contribution < 1.29 is 0 Å². The van der Waals surface area contributed by atoms with E-state index in [1.54, 1.807) is 0 Å². The average Bonchev–Trinajstić information content (AvgIpc) is 2.86. The van der Waals surface area contributed by atoms with Gasteiger partial charge in [-0.25, -0.2) is 0 Å². The third kappa shape index (κ3) is 2.57. The molecule has 5 heteroatoms. The highest BCUT2D eigenvalue weighted by Gasteiger charge is 2.37. The van der Waals surface area contributed by atoms with Gasteiger partial charge in [0.15, 0.2) is 0 Å². The third-order valence-corrected chi connectivity index (χ3v) is 4.14. The lowest BCUT2D eigenvalue weighted by Gasteiger charge is -2.27. The highest BCUT2D eigenvalue weighted by atomic mass is 35.5. The Morgan fingerprint density at radius 3 is 2.36 bits per heavy atom. The quantitative estimate of drug-likeness (QED) is 0.668. The SMILES string of the molecule is CC1C(C(=N)N)=NN(c2ccc(Cl)cc2)C1c1ccccc1. The van der Waals surface area contributed by atoms with Gasteiger partial charge in [0.1, 0.15) is 11.5 Å². The monoisotopic (exact) mass is 312 g/mol. The van der Waals surface area contributed by atoms with Crippen LogP contribution in [0, 0.1) is 11.3 Å². The molecular weight excluding hydrogens is 296 g/mol. The predicted octanol–water partition coefficient (Wildman–Crippen LogP) is 3.83. The van der Waals surface area contributed by atoms with Crippen molar-refractivity contribution in [3.05, 3.63) is 65.2 Å². The summed E-state index contributed by atoms with van der Waals surface area (Å²) in [5.74, 6) is 0.0560. The number of anilines is 1. The van der Waals surface area contributed by atoms with E-state index >= 15 is 0 Å². The van der Waals surface area contributed by atoms with Crippen LogP contribution in [0.5, 0.6) is 0 Å². The Balaban J connectivity index is 2.06. The first-order valence-corrected chi connectivity index (χ1v) is 7.48. The molecule has 2 unspecified atom stereocenters. The zero-order chi connectivity index (χ0) is 15.7. The van der Waals surface area contributed by atoms with Crippen LogP contribution >= 0.6 is 11.6 Å². The second-order valence-electron chi connectivity index (χ2n) is 5.36. The Labute approximate surface area is 134 Å². The van der Waals surface area contributed by atoms with Crippen molar-refractivity contribution >= 4 is 28.8 Å². The van der Waals surface area contributed by atoms with Crippen molar-refractivity contribution in [1.82, 2.24) is 0 Å². The molecule has 0 saturated carbocycles. The zero-order valence-electron chi connectivity index (χ0n) is 12.2. The summed E-state index contributed by atoms with van der Waals surface area (Å²) in [6.45, 7) is 2.05. The minimum Gasteiger partial charge on any atom is -0.383 e. The van der Waals surface area contributed by atoms with E-state index in [2.05, 4.69) is 17.2 Å². The molecule has 112 valence electrons. The molecule has 3 N–H and O–H groups in total. The fourth-order valence-corrected chi connectivity index (χ4v) is 2.95. The Morgan fingerprint density at radius 2 is 1.77 bits per heavy atom. The van der Waals surface area contributed by atoms with Gasteiger partial charge in [-0.15, -0.1) is 0 Å². The number of hydrogen-bond donors (Lipinski definition) is 2. The molecule has 2 atom stereocenters. The minimum atomic E-state index is 0.0151. The Morgan fingerprint density at radius 1 is 1.14 bits per heavy atom. The number of halogens is 1. The van der Waals surface area contributed by atoms with Gasteiger partial charge in [0.2, 0.25) is 0 Å². The van der Waals surface area contributed by atoms with E-state index in [0.717, 1.165) is 11.3 Å². The summed E-state index contributed by atoms with van der Waals surface area (Å²) in [5.41, 5.74) is 8.39. The standard InChI is InChI=1S/C17H17ClN4/c1-11-15(17(19)20)21-22(14-9-7-13(18)8-10-14)16(11)12-5-3-2-4-6-12/h2-11,16H,1H3,(H3,19,20). The van der Waals surface area contributed by atoms with E-state index in [1.165, 1.54) is 0 Å². The number of nitrogens with zero attached hydrogens (tertiary/aromatic N) is 2. The lowest BCUT2D eigenvalue weighted by atomic mass is 9.91. The molecule has 0 aromatic heterocycles. The van der Waals surface area contributed by atoms with Crippen LogP contribution in [0.2, 0.25) is 5.02 Å². The third-order valence-electron chi connectivity index (χ3n) is 3.89. The molecule has 22 heavy (non-hydrogen) atoms. The summed E-state index contributed by atoms with van der Waals surface area (Å²) in [4.78, 5) is 0. The smallest absolute Gasteiger partial charge is 0.139 e. The fourth-order valence-electron chi connectivity index (χ4n) is 2.82. The topological polar surface area (TPSA) is 65.5 Å². The maximum absolute atomic E-state index is 7.76. The number of hydrazone groups is 1. The van der Waals surface area contributed by atoms with Crippen LogP contribution in [0.4, 0.5) is 5.69 Å². The Kier molecular flexibility index (Phi) is 3.86. The molecule has 0 aliphatic carbocycles. The first-order valence-electron chi connectivity index (χ1n) is 7.10. The van der Waals surface area contributed by atoms with Crippen LogP contribution in [0.25, 0.3) is 0 Å². The van der Waals surface area contributed by atoms with Crippen LogP contribution < -0.4 is 10.7 Å². The molecule has 0 fully saturated rings. The van der Waals surface area contributed by atoms with Crippen LogP contribution in [-0.2, 0) is 0 Å². The zero-order valence-corrected chi connectivity index (χ0v) is 13.0. The van der Waals surface area contributed by atoms with Crippen molar-refractivity contribution in [3.63, 3.8) is 0 Å².